The van der Waals surface area contributed by atoms with Crippen molar-refractivity contribution in [3.63, 3.8) is 0 Å². The molecule has 0 saturated heterocycles. The molecular formula is C27H25NO3. The lowest BCUT2D eigenvalue weighted by atomic mass is 9.82. The van der Waals surface area contributed by atoms with Gasteiger partial charge in [-0.15, -0.1) is 0 Å². The normalized spacial score (nSPS) is 18.8. The highest BCUT2D eigenvalue weighted by molar-refractivity contribution is 6.16. The maximum atomic E-state index is 13.7. The first-order valence-electron chi connectivity index (χ1n) is 10.4. The number of fused-ring (bicyclic) bond motifs is 2. The van der Waals surface area contributed by atoms with E-state index in [1.807, 2.05) is 67.3 Å². The van der Waals surface area contributed by atoms with Crippen LogP contribution >= 0.6 is 0 Å². The second-order valence-corrected chi connectivity index (χ2v) is 8.52. The van der Waals surface area contributed by atoms with Crippen LogP contribution in [0, 0.1) is 5.41 Å². The van der Waals surface area contributed by atoms with Crippen molar-refractivity contribution in [2.45, 2.75) is 19.8 Å². The molecule has 0 saturated carbocycles. The number of para-hydroxylation sites is 1. The summed E-state index contributed by atoms with van der Waals surface area (Å²) in [4.78, 5) is 15.6. The Labute approximate surface area is 182 Å². The molecular weight excluding hydrogens is 386 g/mol. The molecule has 2 aliphatic rings. The minimum Gasteiger partial charge on any atom is -0.497 e. The molecule has 1 unspecified atom stereocenters. The van der Waals surface area contributed by atoms with Crippen molar-refractivity contribution in [2.24, 2.45) is 5.41 Å². The molecule has 1 aliphatic carbocycles. The summed E-state index contributed by atoms with van der Waals surface area (Å²) >= 11 is 0. The Morgan fingerprint density at radius 1 is 0.839 bits per heavy atom. The molecule has 1 atom stereocenters. The molecule has 5 rings (SSSR count). The number of methoxy groups -OCH3 is 2. The summed E-state index contributed by atoms with van der Waals surface area (Å²) in [6.45, 7) is 4.05. The molecule has 1 aliphatic heterocycles. The Morgan fingerprint density at radius 2 is 1.48 bits per heavy atom. The minimum atomic E-state index is -0.629. The Kier molecular flexibility index (Phi) is 4.40. The van der Waals surface area contributed by atoms with E-state index >= 15 is 0 Å². The molecule has 156 valence electrons. The van der Waals surface area contributed by atoms with Gasteiger partial charge >= 0.3 is 0 Å². The number of anilines is 1. The Hall–Kier alpha value is -3.53. The van der Waals surface area contributed by atoms with E-state index in [0.29, 0.717) is 0 Å². The molecule has 0 spiro atoms. The van der Waals surface area contributed by atoms with E-state index in [9.17, 15) is 4.79 Å². The van der Waals surface area contributed by atoms with Gasteiger partial charge < -0.3 is 9.47 Å². The van der Waals surface area contributed by atoms with Crippen LogP contribution in [-0.4, -0.2) is 20.1 Å². The fraction of sp³-hybridized carbons (Fsp3) is 0.222. The fourth-order valence-electron chi connectivity index (χ4n) is 4.92. The smallest absolute Gasteiger partial charge is 0.241 e. The minimum absolute atomic E-state index is 0.0723. The second-order valence-electron chi connectivity index (χ2n) is 8.52. The molecule has 3 aromatic carbocycles. The number of hydrogen-bond donors (Lipinski definition) is 0. The van der Waals surface area contributed by atoms with E-state index in [2.05, 4.69) is 24.3 Å². The summed E-state index contributed by atoms with van der Waals surface area (Å²) in [6, 6.07) is 24.2. The molecule has 1 amide bonds. The first-order chi connectivity index (χ1) is 15.0. The predicted octanol–water partition coefficient (Wildman–Crippen LogP) is 5.63. The number of benzene rings is 3. The average Bonchev–Trinajstić information content (AvgIpc) is 3.23. The molecule has 4 heteroatoms. The summed E-state index contributed by atoms with van der Waals surface area (Å²) in [5, 5.41) is 0. The summed E-state index contributed by atoms with van der Waals surface area (Å²) < 4.78 is 10.9. The standard InChI is InChI=1S/C27H25NO3/c1-27(2)24-21-15-14-20(31-4)16-22(21)23(17-10-12-19(30-3)13-11-17)25(24)28(26(27)29)18-8-6-5-7-9-18/h5-16,23H,1-4H3. The van der Waals surface area contributed by atoms with E-state index < -0.39 is 5.41 Å². The molecule has 31 heavy (non-hydrogen) atoms. The average molecular weight is 412 g/mol. The number of carbonyl (C=O) groups excluding carboxylic acids is 1. The molecule has 0 radical (unpaired) electrons. The molecule has 0 bridgehead atoms. The third kappa shape index (κ3) is 2.78. The van der Waals surface area contributed by atoms with Crippen LogP contribution < -0.4 is 14.4 Å². The number of nitrogens with zero attached hydrogens (tertiary/aromatic N) is 1. The first kappa shape index (κ1) is 19.4. The van der Waals surface area contributed by atoms with Gasteiger partial charge in [0.15, 0.2) is 0 Å². The Morgan fingerprint density at radius 3 is 2.13 bits per heavy atom. The summed E-state index contributed by atoms with van der Waals surface area (Å²) in [5.41, 5.74) is 5.80. The number of amides is 1. The highest BCUT2D eigenvalue weighted by atomic mass is 16.5. The molecule has 3 aromatic rings. The molecule has 0 N–H and O–H groups in total. The van der Waals surface area contributed by atoms with Crippen molar-refractivity contribution in [1.29, 1.82) is 0 Å². The van der Waals surface area contributed by atoms with Crippen molar-refractivity contribution in [2.75, 3.05) is 19.1 Å². The Balaban J connectivity index is 1.78. The van der Waals surface area contributed by atoms with Crippen molar-refractivity contribution in [3.8, 4) is 11.5 Å². The van der Waals surface area contributed by atoms with Gasteiger partial charge in [0.05, 0.1) is 25.6 Å². The summed E-state index contributed by atoms with van der Waals surface area (Å²) in [6.07, 6.45) is 0. The second kappa shape index (κ2) is 7.02. The van der Waals surface area contributed by atoms with Crippen LogP contribution in [0.1, 0.15) is 36.5 Å². The topological polar surface area (TPSA) is 38.8 Å². The zero-order valence-corrected chi connectivity index (χ0v) is 18.2. The van der Waals surface area contributed by atoms with Gasteiger partial charge in [-0.1, -0.05) is 36.4 Å². The van der Waals surface area contributed by atoms with Crippen LogP contribution in [0.2, 0.25) is 0 Å². The number of rotatable bonds is 4. The predicted molar refractivity (Wildman–Crippen MR) is 122 cm³/mol. The number of carbonyl (C=O) groups is 1. The van der Waals surface area contributed by atoms with E-state index in [-0.39, 0.29) is 11.8 Å². The van der Waals surface area contributed by atoms with Crippen LogP contribution in [0.5, 0.6) is 11.5 Å². The summed E-state index contributed by atoms with van der Waals surface area (Å²) in [5.74, 6) is 1.65. The van der Waals surface area contributed by atoms with Crippen LogP contribution in [0.15, 0.2) is 78.5 Å². The number of allylic oxidation sites excluding steroid dienone is 1. The van der Waals surface area contributed by atoms with Crippen molar-refractivity contribution in [3.05, 3.63) is 95.2 Å². The van der Waals surface area contributed by atoms with Gasteiger partial charge in [-0.25, -0.2) is 0 Å². The largest absolute Gasteiger partial charge is 0.497 e. The number of ether oxygens (including phenoxy) is 2. The van der Waals surface area contributed by atoms with Gasteiger partial charge in [-0.05, 0) is 72.5 Å². The number of hydrogen-bond acceptors (Lipinski definition) is 3. The monoisotopic (exact) mass is 411 g/mol. The lowest BCUT2D eigenvalue weighted by Gasteiger charge is -2.29. The van der Waals surface area contributed by atoms with E-state index in [1.165, 1.54) is 0 Å². The molecule has 0 aromatic heterocycles. The van der Waals surface area contributed by atoms with E-state index in [0.717, 1.165) is 45.1 Å². The maximum Gasteiger partial charge on any atom is 0.241 e. The third-order valence-corrected chi connectivity index (χ3v) is 6.44. The first-order valence-corrected chi connectivity index (χ1v) is 10.4. The van der Waals surface area contributed by atoms with E-state index in [1.54, 1.807) is 14.2 Å². The van der Waals surface area contributed by atoms with Crippen molar-refractivity contribution >= 4 is 17.2 Å². The van der Waals surface area contributed by atoms with Gasteiger partial charge in [0.25, 0.3) is 0 Å². The highest BCUT2D eigenvalue weighted by Gasteiger charge is 2.53. The van der Waals surface area contributed by atoms with Gasteiger partial charge in [-0.2, -0.15) is 0 Å². The molecule has 0 fully saturated rings. The van der Waals surface area contributed by atoms with Crippen LogP contribution in [0.3, 0.4) is 0 Å². The van der Waals surface area contributed by atoms with Gasteiger partial charge in [-0.3, -0.25) is 9.69 Å². The Bertz CT molecular complexity index is 1190. The van der Waals surface area contributed by atoms with Crippen LogP contribution in [0.25, 0.3) is 5.57 Å². The molecule has 1 heterocycles. The zero-order chi connectivity index (χ0) is 21.8. The summed E-state index contributed by atoms with van der Waals surface area (Å²) in [7, 11) is 3.35. The molecule has 4 nitrogen and oxygen atoms in total. The van der Waals surface area contributed by atoms with Crippen molar-refractivity contribution in [1.82, 2.24) is 0 Å². The third-order valence-electron chi connectivity index (χ3n) is 6.44. The van der Waals surface area contributed by atoms with Gasteiger partial charge in [0.1, 0.15) is 11.5 Å². The lowest BCUT2D eigenvalue weighted by Crippen LogP contribution is -2.35. The van der Waals surface area contributed by atoms with Crippen LogP contribution in [0.4, 0.5) is 5.69 Å². The van der Waals surface area contributed by atoms with Gasteiger partial charge in [0, 0.05) is 11.4 Å². The fourth-order valence-corrected chi connectivity index (χ4v) is 4.92. The zero-order valence-electron chi connectivity index (χ0n) is 18.2. The quantitative estimate of drug-likeness (QED) is 0.558. The van der Waals surface area contributed by atoms with Crippen molar-refractivity contribution < 1.29 is 14.3 Å². The SMILES string of the molecule is COc1ccc(C2C3=C(c4ccc(OC)cc42)C(C)(C)C(=O)N3c2ccccc2)cc1. The lowest BCUT2D eigenvalue weighted by molar-refractivity contribution is -0.122. The maximum absolute atomic E-state index is 13.7. The van der Waals surface area contributed by atoms with Crippen LogP contribution in [-0.2, 0) is 4.79 Å². The van der Waals surface area contributed by atoms with Gasteiger partial charge in [0.2, 0.25) is 5.91 Å². The van der Waals surface area contributed by atoms with E-state index in [4.69, 9.17) is 9.47 Å². The highest BCUT2D eigenvalue weighted by Crippen LogP contribution is 2.59.